The molecule has 0 aromatic carbocycles. The Kier molecular flexibility index (Phi) is 4.06. The van der Waals surface area contributed by atoms with Crippen molar-refractivity contribution in [2.24, 2.45) is 39.7 Å². The van der Waals surface area contributed by atoms with Crippen molar-refractivity contribution < 1.29 is 10.3 Å². The Morgan fingerprint density at radius 3 is 2.79 bits per heavy atom. The summed E-state index contributed by atoms with van der Waals surface area (Å²) in [7, 11) is 0. The van der Waals surface area contributed by atoms with Gasteiger partial charge >= 0.3 is 0 Å². The average Bonchev–Trinajstić information content (AvgIpc) is 2.90. The van der Waals surface area contributed by atoms with Crippen molar-refractivity contribution in [1.82, 2.24) is 0 Å². The molecule has 0 amide bonds. The second kappa shape index (κ2) is 5.86. The third kappa shape index (κ3) is 2.30. The number of aliphatic hydroxyl groups is 1. The van der Waals surface area contributed by atoms with E-state index in [4.69, 9.17) is 5.21 Å². The first kappa shape index (κ1) is 16.6. The smallest absolute Gasteiger partial charge is 0.0577 e. The fraction of sp³-hybridized carbons (Fsp3) is 0.857. The number of fused-ring (bicyclic) bond motifs is 5. The monoisotopic (exact) mass is 331 g/mol. The zero-order valence-corrected chi connectivity index (χ0v) is 15.2. The lowest BCUT2D eigenvalue weighted by atomic mass is 9.47. The molecule has 3 heteroatoms. The number of hydrogen-bond acceptors (Lipinski definition) is 3. The first-order valence-electron chi connectivity index (χ1n) is 10.0. The van der Waals surface area contributed by atoms with Gasteiger partial charge in [-0.15, -0.1) is 5.16 Å². The van der Waals surface area contributed by atoms with Crippen LogP contribution in [0.4, 0.5) is 0 Å². The molecule has 0 aromatic heterocycles. The van der Waals surface area contributed by atoms with Crippen LogP contribution in [0.2, 0.25) is 0 Å². The molecule has 0 heterocycles. The topological polar surface area (TPSA) is 52.8 Å². The van der Waals surface area contributed by atoms with Crippen LogP contribution in [0.25, 0.3) is 0 Å². The van der Waals surface area contributed by atoms with Crippen LogP contribution >= 0.6 is 0 Å². The van der Waals surface area contributed by atoms with E-state index in [2.05, 4.69) is 25.1 Å². The van der Waals surface area contributed by atoms with Crippen LogP contribution in [0.1, 0.15) is 71.6 Å². The van der Waals surface area contributed by atoms with E-state index in [1.54, 1.807) is 11.8 Å². The second-order valence-electron chi connectivity index (χ2n) is 9.51. The van der Waals surface area contributed by atoms with E-state index in [-0.39, 0.29) is 6.10 Å². The molecule has 0 bridgehead atoms. The van der Waals surface area contributed by atoms with Gasteiger partial charge in [-0.1, -0.05) is 25.5 Å². The molecule has 0 spiro atoms. The summed E-state index contributed by atoms with van der Waals surface area (Å²) in [5.74, 6) is 3.15. The van der Waals surface area contributed by atoms with Crippen LogP contribution in [0.3, 0.4) is 0 Å². The van der Waals surface area contributed by atoms with Crippen LogP contribution in [-0.2, 0) is 0 Å². The van der Waals surface area contributed by atoms with Gasteiger partial charge in [0, 0.05) is 6.21 Å². The molecule has 3 nitrogen and oxygen atoms in total. The molecule has 4 aliphatic carbocycles. The molecule has 0 radical (unpaired) electrons. The zero-order chi connectivity index (χ0) is 16.9. The lowest BCUT2D eigenvalue weighted by Gasteiger charge is -2.58. The number of rotatable bonds is 2. The Morgan fingerprint density at radius 1 is 1.17 bits per heavy atom. The lowest BCUT2D eigenvalue weighted by molar-refractivity contribution is -0.0487. The minimum atomic E-state index is -0.108. The number of hydrogen-bond donors (Lipinski definition) is 2. The molecule has 0 aromatic rings. The Labute approximate surface area is 146 Å². The molecule has 0 aliphatic heterocycles. The molecule has 24 heavy (non-hydrogen) atoms. The van der Waals surface area contributed by atoms with Crippen LogP contribution in [0.15, 0.2) is 16.8 Å². The number of aliphatic hydroxyl groups excluding tert-OH is 1. The Morgan fingerprint density at radius 2 is 2.00 bits per heavy atom. The van der Waals surface area contributed by atoms with E-state index in [9.17, 15) is 5.11 Å². The van der Waals surface area contributed by atoms with Crippen molar-refractivity contribution in [1.29, 1.82) is 0 Å². The highest BCUT2D eigenvalue weighted by molar-refractivity contribution is 5.56. The molecule has 134 valence electrons. The van der Waals surface area contributed by atoms with Crippen LogP contribution in [0.5, 0.6) is 0 Å². The predicted octanol–water partition coefficient (Wildman–Crippen LogP) is 4.78. The largest absolute Gasteiger partial charge is 0.411 e. The zero-order valence-electron chi connectivity index (χ0n) is 15.2. The lowest BCUT2D eigenvalue weighted by Crippen LogP contribution is -2.50. The minimum Gasteiger partial charge on any atom is -0.411 e. The summed E-state index contributed by atoms with van der Waals surface area (Å²) in [6, 6.07) is 0. The molecular weight excluding hydrogens is 298 g/mol. The maximum atomic E-state index is 10.1. The highest BCUT2D eigenvalue weighted by atomic mass is 16.4. The van der Waals surface area contributed by atoms with E-state index in [1.165, 1.54) is 38.5 Å². The molecule has 3 saturated carbocycles. The van der Waals surface area contributed by atoms with Crippen molar-refractivity contribution in [3.05, 3.63) is 11.6 Å². The Bertz CT molecular complexity index is 556. The fourth-order valence-electron chi connectivity index (χ4n) is 7.31. The van der Waals surface area contributed by atoms with Gasteiger partial charge < -0.3 is 10.3 Å². The Hall–Kier alpha value is -0.830. The van der Waals surface area contributed by atoms with Gasteiger partial charge in [0.15, 0.2) is 0 Å². The van der Waals surface area contributed by atoms with Crippen molar-refractivity contribution in [3.8, 4) is 0 Å². The summed E-state index contributed by atoms with van der Waals surface area (Å²) in [6.45, 7) is 5.01. The third-order valence-corrected chi connectivity index (χ3v) is 8.75. The predicted molar refractivity (Wildman–Crippen MR) is 96.1 cm³/mol. The van der Waals surface area contributed by atoms with E-state index >= 15 is 0 Å². The van der Waals surface area contributed by atoms with Crippen molar-refractivity contribution >= 4 is 6.21 Å². The molecule has 4 rings (SSSR count). The first-order valence-corrected chi connectivity index (χ1v) is 10.0. The van der Waals surface area contributed by atoms with E-state index in [0.717, 1.165) is 37.0 Å². The molecule has 0 saturated heterocycles. The summed E-state index contributed by atoms with van der Waals surface area (Å²) in [5.41, 5.74) is 2.33. The fourth-order valence-corrected chi connectivity index (χ4v) is 7.31. The van der Waals surface area contributed by atoms with Gasteiger partial charge in [-0.3, -0.25) is 0 Å². The van der Waals surface area contributed by atoms with Gasteiger partial charge in [0.05, 0.1) is 6.10 Å². The first-order chi connectivity index (χ1) is 11.5. The van der Waals surface area contributed by atoms with Gasteiger partial charge in [-0.2, -0.15) is 0 Å². The quantitative estimate of drug-likeness (QED) is 0.331. The van der Waals surface area contributed by atoms with Gasteiger partial charge in [0.1, 0.15) is 0 Å². The van der Waals surface area contributed by atoms with Gasteiger partial charge in [-0.05, 0) is 92.3 Å². The van der Waals surface area contributed by atoms with Crippen molar-refractivity contribution in [3.63, 3.8) is 0 Å². The van der Waals surface area contributed by atoms with E-state index in [0.29, 0.717) is 16.7 Å². The standard InChI is InChI=1S/C21H33NO2/c1-20-11-8-19-17(18(20)6-4-14(20)9-12-22-24)5-3-15-13-16(23)7-10-21(15,19)2/h3,12,14,16-19,23-24H,4-11,13H2,1-2H3/t14-,16+,17+,18+,19+,20-,21+/m1/s1. The maximum Gasteiger partial charge on any atom is 0.0577 e. The van der Waals surface area contributed by atoms with Gasteiger partial charge in [0.2, 0.25) is 0 Å². The molecule has 4 aliphatic rings. The summed E-state index contributed by atoms with van der Waals surface area (Å²) in [5, 5.41) is 22.2. The average molecular weight is 332 g/mol. The summed E-state index contributed by atoms with van der Waals surface area (Å²) >= 11 is 0. The SMILES string of the molecule is C[C@]12CC[C@H]3[C@@H](CC=C4C[C@@H](O)CC[C@@]43C)[C@@H]1CC[C@@H]2CC=NO. The number of nitrogens with zero attached hydrogens (tertiary/aromatic N) is 1. The molecule has 3 fully saturated rings. The van der Waals surface area contributed by atoms with Crippen molar-refractivity contribution in [2.45, 2.75) is 77.7 Å². The molecular formula is C21H33NO2. The number of allylic oxidation sites excluding steroid dienone is 1. The normalized spacial score (nSPS) is 51.0. The maximum absolute atomic E-state index is 10.1. The number of oxime groups is 1. The summed E-state index contributed by atoms with van der Waals surface area (Å²) in [4.78, 5) is 0. The van der Waals surface area contributed by atoms with Crippen molar-refractivity contribution in [2.75, 3.05) is 0 Å². The van der Waals surface area contributed by atoms with Crippen LogP contribution in [-0.4, -0.2) is 22.6 Å². The Balaban J connectivity index is 1.60. The third-order valence-electron chi connectivity index (χ3n) is 8.75. The van der Waals surface area contributed by atoms with Crippen LogP contribution in [0, 0.1) is 34.5 Å². The summed E-state index contributed by atoms with van der Waals surface area (Å²) < 4.78 is 0. The highest BCUT2D eigenvalue weighted by Gasteiger charge is 2.58. The van der Waals surface area contributed by atoms with E-state index in [1.807, 2.05) is 0 Å². The molecule has 0 unspecified atom stereocenters. The summed E-state index contributed by atoms with van der Waals surface area (Å²) in [6.07, 6.45) is 14.7. The van der Waals surface area contributed by atoms with Crippen LogP contribution < -0.4 is 0 Å². The molecule has 2 N–H and O–H groups in total. The molecule has 7 atom stereocenters. The van der Waals surface area contributed by atoms with Gasteiger partial charge in [-0.25, -0.2) is 0 Å². The highest BCUT2D eigenvalue weighted by Crippen LogP contribution is 2.66. The van der Waals surface area contributed by atoms with E-state index < -0.39 is 0 Å². The second-order valence-corrected chi connectivity index (χ2v) is 9.51. The minimum absolute atomic E-state index is 0.108. The van der Waals surface area contributed by atoms with Gasteiger partial charge in [0.25, 0.3) is 0 Å².